The van der Waals surface area contributed by atoms with Crippen LogP contribution < -0.4 is 10.1 Å². The molecule has 4 nitrogen and oxygen atoms in total. The minimum absolute atomic E-state index is 0.340. The Morgan fingerprint density at radius 1 is 1.33 bits per heavy atom. The van der Waals surface area contributed by atoms with Crippen molar-refractivity contribution in [3.8, 4) is 5.75 Å². The Morgan fingerprint density at radius 2 is 2.00 bits per heavy atom. The second kappa shape index (κ2) is 8.47. The Morgan fingerprint density at radius 3 is 2.52 bits per heavy atom. The SMILES string of the molecule is COc1cc(Cl)c(CNCC(CC(C)C)C(=O)O)cc1Cl. The molecule has 0 saturated carbocycles. The van der Waals surface area contributed by atoms with Gasteiger partial charge in [-0.25, -0.2) is 0 Å². The maximum atomic E-state index is 11.2. The van der Waals surface area contributed by atoms with E-state index in [4.69, 9.17) is 27.9 Å². The maximum Gasteiger partial charge on any atom is 0.307 e. The largest absolute Gasteiger partial charge is 0.495 e. The monoisotopic (exact) mass is 333 g/mol. The molecule has 0 aromatic heterocycles. The molecule has 0 amide bonds. The second-order valence-electron chi connectivity index (χ2n) is 5.37. The predicted octanol–water partition coefficient (Wildman–Crippen LogP) is 3.84. The average Bonchev–Trinajstić information content (AvgIpc) is 2.40. The molecular formula is C15H21Cl2NO3. The molecule has 2 N–H and O–H groups in total. The Hall–Kier alpha value is -0.970. The highest BCUT2D eigenvalue weighted by Gasteiger charge is 2.18. The van der Waals surface area contributed by atoms with E-state index in [1.165, 1.54) is 7.11 Å². The maximum absolute atomic E-state index is 11.2. The van der Waals surface area contributed by atoms with Crippen LogP contribution in [0.3, 0.4) is 0 Å². The van der Waals surface area contributed by atoms with E-state index in [9.17, 15) is 9.90 Å². The Kier molecular flexibility index (Phi) is 7.29. The fourth-order valence-electron chi connectivity index (χ4n) is 2.08. The first-order valence-electron chi connectivity index (χ1n) is 6.80. The van der Waals surface area contributed by atoms with Gasteiger partial charge < -0.3 is 15.2 Å². The third-order valence-corrected chi connectivity index (χ3v) is 3.78. The van der Waals surface area contributed by atoms with E-state index in [1.54, 1.807) is 12.1 Å². The smallest absolute Gasteiger partial charge is 0.307 e. The van der Waals surface area contributed by atoms with Gasteiger partial charge in [0.25, 0.3) is 0 Å². The molecule has 0 heterocycles. The van der Waals surface area contributed by atoms with Crippen molar-refractivity contribution < 1.29 is 14.6 Å². The zero-order valence-electron chi connectivity index (χ0n) is 12.5. The lowest BCUT2D eigenvalue weighted by molar-refractivity contribution is -0.142. The molecule has 0 aliphatic heterocycles. The highest BCUT2D eigenvalue weighted by atomic mass is 35.5. The number of benzene rings is 1. The molecule has 0 aliphatic rings. The van der Waals surface area contributed by atoms with Crippen LogP contribution in [0, 0.1) is 11.8 Å². The number of ether oxygens (including phenoxy) is 1. The summed E-state index contributed by atoms with van der Waals surface area (Å²) in [6, 6.07) is 3.39. The van der Waals surface area contributed by atoms with Crippen LogP contribution in [0.2, 0.25) is 10.0 Å². The summed E-state index contributed by atoms with van der Waals surface area (Å²) in [6.07, 6.45) is 0.638. The molecule has 118 valence electrons. The first-order chi connectivity index (χ1) is 9.85. The van der Waals surface area contributed by atoms with Crippen molar-refractivity contribution in [2.75, 3.05) is 13.7 Å². The minimum Gasteiger partial charge on any atom is -0.495 e. The summed E-state index contributed by atoms with van der Waals surface area (Å²) in [4.78, 5) is 11.2. The molecule has 21 heavy (non-hydrogen) atoms. The average molecular weight is 334 g/mol. The normalized spacial score (nSPS) is 12.5. The van der Waals surface area contributed by atoms with Crippen LogP contribution >= 0.6 is 23.2 Å². The topological polar surface area (TPSA) is 58.6 Å². The fraction of sp³-hybridized carbons (Fsp3) is 0.533. The molecule has 6 heteroatoms. The molecule has 0 spiro atoms. The number of carbonyl (C=O) groups is 1. The van der Waals surface area contributed by atoms with Gasteiger partial charge in [-0.05, 0) is 24.0 Å². The van der Waals surface area contributed by atoms with Crippen molar-refractivity contribution in [3.05, 3.63) is 27.7 Å². The van der Waals surface area contributed by atoms with Crippen molar-refractivity contribution >= 4 is 29.2 Å². The molecular weight excluding hydrogens is 313 g/mol. The standard InChI is InChI=1S/C15H21Cl2NO3/c1-9(2)4-11(15(19)20)8-18-7-10-5-13(17)14(21-3)6-12(10)16/h5-6,9,11,18H,4,7-8H2,1-3H3,(H,19,20). The fourth-order valence-corrected chi connectivity index (χ4v) is 2.57. The molecule has 1 rings (SSSR count). The van der Waals surface area contributed by atoms with Crippen LogP contribution in [-0.4, -0.2) is 24.7 Å². The zero-order chi connectivity index (χ0) is 16.0. The van der Waals surface area contributed by atoms with Gasteiger partial charge in [0, 0.05) is 24.2 Å². The summed E-state index contributed by atoms with van der Waals surface area (Å²) in [7, 11) is 1.53. The van der Waals surface area contributed by atoms with Crippen LogP contribution in [0.25, 0.3) is 0 Å². The number of carboxylic acid groups (broad SMARTS) is 1. The number of aliphatic carboxylic acids is 1. The molecule has 1 atom stereocenters. The molecule has 1 aromatic rings. The summed E-state index contributed by atoms with van der Waals surface area (Å²) in [5, 5.41) is 13.3. The zero-order valence-corrected chi connectivity index (χ0v) is 14.0. The van der Waals surface area contributed by atoms with Gasteiger partial charge in [-0.3, -0.25) is 4.79 Å². The quantitative estimate of drug-likeness (QED) is 0.758. The molecule has 1 unspecified atom stereocenters. The third kappa shape index (κ3) is 5.73. The van der Waals surface area contributed by atoms with E-state index in [2.05, 4.69) is 5.32 Å². The second-order valence-corrected chi connectivity index (χ2v) is 6.19. The van der Waals surface area contributed by atoms with Crippen LogP contribution in [0.4, 0.5) is 0 Å². The van der Waals surface area contributed by atoms with Gasteiger partial charge in [-0.15, -0.1) is 0 Å². The third-order valence-electron chi connectivity index (χ3n) is 3.13. The van der Waals surface area contributed by atoms with Crippen molar-refractivity contribution in [1.29, 1.82) is 0 Å². The van der Waals surface area contributed by atoms with E-state index in [0.29, 0.717) is 41.2 Å². The van der Waals surface area contributed by atoms with E-state index in [0.717, 1.165) is 5.56 Å². The predicted molar refractivity (Wildman–Crippen MR) is 85.3 cm³/mol. The number of methoxy groups -OCH3 is 1. The van der Waals surface area contributed by atoms with Crippen molar-refractivity contribution in [2.45, 2.75) is 26.8 Å². The van der Waals surface area contributed by atoms with Gasteiger partial charge in [0.1, 0.15) is 5.75 Å². The summed E-state index contributed by atoms with van der Waals surface area (Å²) in [5.74, 6) is -0.326. The van der Waals surface area contributed by atoms with Crippen LogP contribution in [0.1, 0.15) is 25.8 Å². The summed E-state index contributed by atoms with van der Waals surface area (Å²) < 4.78 is 5.08. The number of hydrogen-bond acceptors (Lipinski definition) is 3. The van der Waals surface area contributed by atoms with Gasteiger partial charge in [-0.2, -0.15) is 0 Å². The van der Waals surface area contributed by atoms with E-state index in [-0.39, 0.29) is 0 Å². The Bertz CT molecular complexity index is 492. The van der Waals surface area contributed by atoms with Crippen molar-refractivity contribution in [2.24, 2.45) is 11.8 Å². The van der Waals surface area contributed by atoms with Crippen molar-refractivity contribution in [1.82, 2.24) is 5.32 Å². The lowest BCUT2D eigenvalue weighted by atomic mass is 9.97. The number of hydrogen-bond donors (Lipinski definition) is 2. The van der Waals surface area contributed by atoms with Gasteiger partial charge in [0.05, 0.1) is 18.1 Å². The van der Waals surface area contributed by atoms with Crippen molar-refractivity contribution in [3.63, 3.8) is 0 Å². The molecule has 0 aliphatic carbocycles. The summed E-state index contributed by atoms with van der Waals surface area (Å²) >= 11 is 12.2. The number of halogens is 2. The van der Waals surface area contributed by atoms with E-state index >= 15 is 0 Å². The molecule has 0 saturated heterocycles. The molecule has 0 fully saturated rings. The number of rotatable bonds is 8. The van der Waals surface area contributed by atoms with Gasteiger partial charge in [0.2, 0.25) is 0 Å². The number of nitrogens with one attached hydrogen (secondary N) is 1. The lowest BCUT2D eigenvalue weighted by Crippen LogP contribution is -2.29. The number of carboxylic acids is 1. The Balaban J connectivity index is 2.62. The highest BCUT2D eigenvalue weighted by Crippen LogP contribution is 2.30. The summed E-state index contributed by atoms with van der Waals surface area (Å²) in [6.45, 7) is 4.88. The molecule has 0 bridgehead atoms. The van der Waals surface area contributed by atoms with Crippen LogP contribution in [0.5, 0.6) is 5.75 Å². The summed E-state index contributed by atoms with van der Waals surface area (Å²) in [5.41, 5.74) is 0.816. The first-order valence-corrected chi connectivity index (χ1v) is 7.56. The van der Waals surface area contributed by atoms with Gasteiger partial charge in [-0.1, -0.05) is 37.0 Å². The van der Waals surface area contributed by atoms with Gasteiger partial charge >= 0.3 is 5.97 Å². The first kappa shape index (κ1) is 18.1. The van der Waals surface area contributed by atoms with Crippen LogP contribution in [-0.2, 0) is 11.3 Å². The minimum atomic E-state index is -0.782. The highest BCUT2D eigenvalue weighted by molar-refractivity contribution is 6.34. The molecule has 1 aromatic carbocycles. The van der Waals surface area contributed by atoms with Gasteiger partial charge in [0.15, 0.2) is 0 Å². The van der Waals surface area contributed by atoms with E-state index in [1.807, 2.05) is 13.8 Å². The van der Waals surface area contributed by atoms with Crippen LogP contribution in [0.15, 0.2) is 12.1 Å². The lowest BCUT2D eigenvalue weighted by Gasteiger charge is -2.16. The Labute approximate surface area is 135 Å². The molecule has 0 radical (unpaired) electrons. The van der Waals surface area contributed by atoms with E-state index < -0.39 is 11.9 Å².